The van der Waals surface area contributed by atoms with E-state index < -0.39 is 0 Å². The summed E-state index contributed by atoms with van der Waals surface area (Å²) in [4.78, 5) is 13.1. The number of hydrogen-bond acceptors (Lipinski definition) is 5. The van der Waals surface area contributed by atoms with Gasteiger partial charge in [-0.25, -0.2) is 0 Å². The molecule has 15 heavy (non-hydrogen) atoms. The highest BCUT2D eigenvalue weighted by Crippen LogP contribution is 2.20. The number of carbonyl (C=O) groups is 1. The van der Waals surface area contributed by atoms with Crippen LogP contribution in [0.15, 0.2) is 0 Å². The van der Waals surface area contributed by atoms with Crippen LogP contribution in [0.3, 0.4) is 0 Å². The highest BCUT2D eigenvalue weighted by molar-refractivity contribution is 5.82. The molecule has 1 aliphatic rings. The first-order valence-corrected chi connectivity index (χ1v) is 5.02. The molecule has 0 N–H and O–H groups in total. The van der Waals surface area contributed by atoms with Gasteiger partial charge in [0.25, 0.3) is 0 Å². The summed E-state index contributed by atoms with van der Waals surface area (Å²) >= 11 is 0. The molecule has 1 saturated heterocycles. The van der Waals surface area contributed by atoms with Crippen LogP contribution in [0, 0.1) is 5.92 Å². The Kier molecular flexibility index (Phi) is 2.77. The van der Waals surface area contributed by atoms with Crippen molar-refractivity contribution in [1.82, 2.24) is 20.2 Å². The minimum absolute atomic E-state index is 0.00352. The van der Waals surface area contributed by atoms with Crippen LogP contribution in [0.5, 0.6) is 0 Å². The molecular weight excluding hydrogens is 196 g/mol. The molecule has 0 aromatic carbocycles. The van der Waals surface area contributed by atoms with Gasteiger partial charge in [0, 0.05) is 5.92 Å². The van der Waals surface area contributed by atoms with Gasteiger partial charge >= 0.3 is 0 Å². The number of carbonyl (C=O) groups excluding carboxylic acids is 1. The van der Waals surface area contributed by atoms with Gasteiger partial charge in [0.15, 0.2) is 5.82 Å². The normalized spacial score (nSPS) is 25.7. The number of ketones is 1. The van der Waals surface area contributed by atoms with Crippen molar-refractivity contribution in [2.45, 2.75) is 25.9 Å². The van der Waals surface area contributed by atoms with Gasteiger partial charge in [-0.05, 0) is 18.6 Å². The number of tetrazole rings is 1. The maximum absolute atomic E-state index is 11.8. The summed E-state index contributed by atoms with van der Waals surface area (Å²) in [5.41, 5.74) is 0. The summed E-state index contributed by atoms with van der Waals surface area (Å²) in [7, 11) is 1.68. The molecule has 1 aliphatic heterocycles. The maximum Gasteiger partial charge on any atom is 0.182 e. The fourth-order valence-corrected chi connectivity index (χ4v) is 1.74. The lowest BCUT2D eigenvalue weighted by Crippen LogP contribution is -2.17. The second kappa shape index (κ2) is 4.06. The number of aromatic nitrogens is 4. The Morgan fingerprint density at radius 1 is 1.67 bits per heavy atom. The van der Waals surface area contributed by atoms with Gasteiger partial charge in [-0.2, -0.15) is 4.80 Å². The number of aryl methyl sites for hydroxylation is 1. The third kappa shape index (κ3) is 2.38. The van der Waals surface area contributed by atoms with E-state index in [1.807, 2.05) is 6.92 Å². The molecule has 0 saturated carbocycles. The Morgan fingerprint density at radius 2 is 2.47 bits per heavy atom. The highest BCUT2D eigenvalue weighted by atomic mass is 16.5. The zero-order chi connectivity index (χ0) is 10.8. The molecule has 1 fully saturated rings. The molecule has 2 heterocycles. The summed E-state index contributed by atoms with van der Waals surface area (Å²) < 4.78 is 5.35. The number of nitrogens with zero attached hydrogens (tertiary/aromatic N) is 4. The van der Waals surface area contributed by atoms with Crippen molar-refractivity contribution in [3.63, 3.8) is 0 Å². The summed E-state index contributed by atoms with van der Waals surface area (Å²) in [5.74, 6) is 0.637. The molecule has 2 unspecified atom stereocenters. The SMILES string of the molecule is CC1CC(C(=O)Cc2nnn(C)n2)CO1. The van der Waals surface area contributed by atoms with Crippen molar-refractivity contribution in [3.8, 4) is 0 Å². The van der Waals surface area contributed by atoms with E-state index in [9.17, 15) is 4.79 Å². The van der Waals surface area contributed by atoms with Crippen molar-refractivity contribution in [3.05, 3.63) is 5.82 Å². The summed E-state index contributed by atoms with van der Waals surface area (Å²) in [5, 5.41) is 11.4. The van der Waals surface area contributed by atoms with Crippen LogP contribution in [0.25, 0.3) is 0 Å². The van der Waals surface area contributed by atoms with E-state index in [0.29, 0.717) is 12.4 Å². The number of hydrogen-bond donors (Lipinski definition) is 0. The first kappa shape index (κ1) is 10.2. The molecule has 0 amide bonds. The predicted molar refractivity (Wildman–Crippen MR) is 51.0 cm³/mol. The Bertz CT molecular complexity index is 363. The molecule has 0 spiro atoms. The third-order valence-corrected chi connectivity index (χ3v) is 2.54. The Hall–Kier alpha value is -1.30. The zero-order valence-corrected chi connectivity index (χ0v) is 8.88. The van der Waals surface area contributed by atoms with E-state index in [2.05, 4.69) is 15.4 Å². The van der Waals surface area contributed by atoms with Gasteiger partial charge in [0.1, 0.15) is 5.78 Å². The first-order chi connectivity index (χ1) is 7.15. The number of ether oxygens (including phenoxy) is 1. The summed E-state index contributed by atoms with van der Waals surface area (Å²) in [6, 6.07) is 0. The minimum Gasteiger partial charge on any atom is -0.378 e. The molecule has 0 bridgehead atoms. The molecule has 6 heteroatoms. The van der Waals surface area contributed by atoms with Crippen molar-refractivity contribution in [2.24, 2.45) is 13.0 Å². The lowest BCUT2D eigenvalue weighted by molar-refractivity contribution is -0.122. The standard InChI is InChI=1S/C9H14N4O2/c1-6-3-7(5-15-6)8(14)4-9-10-12-13(2)11-9/h6-7H,3-5H2,1-2H3. The molecule has 82 valence electrons. The lowest BCUT2D eigenvalue weighted by atomic mass is 9.99. The van der Waals surface area contributed by atoms with Crippen LogP contribution >= 0.6 is 0 Å². The van der Waals surface area contributed by atoms with Gasteiger partial charge in [-0.15, -0.1) is 10.2 Å². The van der Waals surface area contributed by atoms with Crippen LogP contribution in [0.4, 0.5) is 0 Å². The van der Waals surface area contributed by atoms with Gasteiger partial charge in [0.05, 0.1) is 26.2 Å². The summed E-state index contributed by atoms with van der Waals surface area (Å²) in [6.45, 7) is 2.51. The smallest absolute Gasteiger partial charge is 0.182 e. The molecule has 0 radical (unpaired) electrons. The number of rotatable bonds is 3. The van der Waals surface area contributed by atoms with Crippen LogP contribution in [-0.4, -0.2) is 38.7 Å². The van der Waals surface area contributed by atoms with Gasteiger partial charge in [-0.3, -0.25) is 4.79 Å². The Balaban J connectivity index is 1.92. The predicted octanol–water partition coefficient (Wildman–Crippen LogP) is -0.253. The molecule has 2 rings (SSSR count). The fraction of sp³-hybridized carbons (Fsp3) is 0.778. The van der Waals surface area contributed by atoms with Crippen LogP contribution < -0.4 is 0 Å². The van der Waals surface area contributed by atoms with E-state index in [0.717, 1.165) is 6.42 Å². The Morgan fingerprint density at radius 3 is 3.00 bits per heavy atom. The second-order valence-corrected chi connectivity index (χ2v) is 3.91. The first-order valence-electron chi connectivity index (χ1n) is 5.02. The monoisotopic (exact) mass is 210 g/mol. The van der Waals surface area contributed by atoms with E-state index >= 15 is 0 Å². The molecule has 0 aliphatic carbocycles. The minimum atomic E-state index is 0.00352. The van der Waals surface area contributed by atoms with Crippen LogP contribution in [-0.2, 0) is 23.0 Å². The average Bonchev–Trinajstić information content (AvgIpc) is 2.75. The fourth-order valence-electron chi connectivity index (χ4n) is 1.74. The topological polar surface area (TPSA) is 69.9 Å². The molecule has 6 nitrogen and oxygen atoms in total. The second-order valence-electron chi connectivity index (χ2n) is 3.91. The molecule has 2 atom stereocenters. The van der Waals surface area contributed by atoms with Gasteiger partial charge in [0.2, 0.25) is 0 Å². The van der Waals surface area contributed by atoms with E-state index in [1.54, 1.807) is 7.05 Å². The van der Waals surface area contributed by atoms with E-state index in [4.69, 9.17) is 4.74 Å². The largest absolute Gasteiger partial charge is 0.378 e. The average molecular weight is 210 g/mol. The van der Waals surface area contributed by atoms with Crippen molar-refractivity contribution in [2.75, 3.05) is 6.61 Å². The summed E-state index contributed by atoms with van der Waals surface area (Å²) in [6.07, 6.45) is 1.25. The van der Waals surface area contributed by atoms with Crippen LogP contribution in [0.2, 0.25) is 0 Å². The molecular formula is C9H14N4O2. The highest BCUT2D eigenvalue weighted by Gasteiger charge is 2.28. The van der Waals surface area contributed by atoms with Crippen molar-refractivity contribution < 1.29 is 9.53 Å². The number of Topliss-reactive ketones (excluding diaryl/α,β-unsaturated/α-hetero) is 1. The zero-order valence-electron chi connectivity index (χ0n) is 8.88. The van der Waals surface area contributed by atoms with Gasteiger partial charge in [-0.1, -0.05) is 0 Å². The molecule has 1 aromatic heterocycles. The lowest BCUT2D eigenvalue weighted by Gasteiger charge is -2.03. The molecule has 1 aromatic rings. The van der Waals surface area contributed by atoms with Crippen molar-refractivity contribution in [1.29, 1.82) is 0 Å². The Labute approximate surface area is 87.6 Å². The quantitative estimate of drug-likeness (QED) is 0.687. The maximum atomic E-state index is 11.8. The van der Waals surface area contributed by atoms with Crippen molar-refractivity contribution >= 4 is 5.78 Å². The van der Waals surface area contributed by atoms with Gasteiger partial charge < -0.3 is 4.74 Å². The third-order valence-electron chi connectivity index (χ3n) is 2.54. The van der Waals surface area contributed by atoms with Crippen LogP contribution in [0.1, 0.15) is 19.2 Å². The van der Waals surface area contributed by atoms with E-state index in [-0.39, 0.29) is 24.2 Å². The van der Waals surface area contributed by atoms with E-state index in [1.165, 1.54) is 4.80 Å².